The number of fused-ring (bicyclic) bond motifs is 1. The molecule has 1 nitrogen and oxygen atoms in total. The Morgan fingerprint density at radius 3 is 2.74 bits per heavy atom. The first-order chi connectivity index (χ1) is 9.16. The van der Waals surface area contributed by atoms with E-state index < -0.39 is 0 Å². The number of thiophene rings is 1. The summed E-state index contributed by atoms with van der Waals surface area (Å²) in [6.45, 7) is 2.03. The summed E-state index contributed by atoms with van der Waals surface area (Å²) in [5.41, 5.74) is 9.68. The molecule has 1 atom stereocenters. The molecule has 0 saturated carbocycles. The molecule has 2 aromatic carbocycles. The summed E-state index contributed by atoms with van der Waals surface area (Å²) in [7, 11) is 0. The molecule has 0 spiro atoms. The number of nitrogens with two attached hydrogens (primary N) is 1. The Balaban J connectivity index is 2.13. The largest absolute Gasteiger partial charge is 0.320 e. The fourth-order valence-corrected chi connectivity index (χ4v) is 3.62. The van der Waals surface area contributed by atoms with Crippen LogP contribution >= 0.6 is 22.9 Å². The molecule has 0 saturated heterocycles. The monoisotopic (exact) mass is 287 g/mol. The number of aryl methyl sites for hydroxylation is 1. The van der Waals surface area contributed by atoms with Gasteiger partial charge in [-0.2, -0.15) is 0 Å². The minimum Gasteiger partial charge on any atom is -0.320 e. The van der Waals surface area contributed by atoms with E-state index in [1.807, 2.05) is 25.1 Å². The third-order valence-corrected chi connectivity index (χ3v) is 4.64. The van der Waals surface area contributed by atoms with Gasteiger partial charge in [-0.05, 0) is 46.5 Å². The van der Waals surface area contributed by atoms with Gasteiger partial charge in [0, 0.05) is 9.72 Å². The third-order valence-electron chi connectivity index (χ3n) is 3.34. The van der Waals surface area contributed by atoms with Crippen LogP contribution in [0, 0.1) is 6.92 Å². The second-order valence-electron chi connectivity index (χ2n) is 4.69. The SMILES string of the molecule is Cc1ccc(C(N)c2cccc3ccsc23)c(Cl)c1. The van der Waals surface area contributed by atoms with Crippen molar-refractivity contribution in [3.8, 4) is 0 Å². The molecule has 3 rings (SSSR count). The van der Waals surface area contributed by atoms with E-state index in [0.29, 0.717) is 0 Å². The molecule has 0 aliphatic carbocycles. The van der Waals surface area contributed by atoms with Crippen LogP contribution < -0.4 is 5.73 Å². The average molecular weight is 288 g/mol. The van der Waals surface area contributed by atoms with Gasteiger partial charge in [-0.3, -0.25) is 0 Å². The van der Waals surface area contributed by atoms with Crippen LogP contribution in [0.25, 0.3) is 10.1 Å². The van der Waals surface area contributed by atoms with E-state index in [-0.39, 0.29) is 6.04 Å². The lowest BCUT2D eigenvalue weighted by atomic mass is 9.98. The van der Waals surface area contributed by atoms with Crippen molar-refractivity contribution in [1.29, 1.82) is 0 Å². The van der Waals surface area contributed by atoms with Crippen LogP contribution in [0.15, 0.2) is 47.8 Å². The Bertz CT molecular complexity index is 732. The van der Waals surface area contributed by atoms with E-state index >= 15 is 0 Å². The number of halogens is 1. The van der Waals surface area contributed by atoms with Gasteiger partial charge in [0.2, 0.25) is 0 Å². The Kier molecular flexibility index (Phi) is 3.31. The standard InChI is InChI=1S/C16H14ClNS/c1-10-5-6-12(14(17)9-10)15(18)13-4-2-3-11-7-8-19-16(11)13/h2-9,15H,18H2,1H3. The van der Waals surface area contributed by atoms with Crippen LogP contribution in [0.3, 0.4) is 0 Å². The smallest absolute Gasteiger partial charge is 0.0580 e. The average Bonchev–Trinajstić information content (AvgIpc) is 2.86. The molecule has 19 heavy (non-hydrogen) atoms. The summed E-state index contributed by atoms with van der Waals surface area (Å²) in [5, 5.41) is 4.07. The van der Waals surface area contributed by atoms with Crippen molar-refractivity contribution in [3.05, 3.63) is 69.6 Å². The number of hydrogen-bond acceptors (Lipinski definition) is 2. The maximum Gasteiger partial charge on any atom is 0.0580 e. The van der Waals surface area contributed by atoms with Gasteiger partial charge in [-0.25, -0.2) is 0 Å². The van der Waals surface area contributed by atoms with Crippen LogP contribution in [0.2, 0.25) is 5.02 Å². The molecule has 0 amide bonds. The molecule has 0 bridgehead atoms. The maximum absolute atomic E-state index is 6.41. The normalized spacial score (nSPS) is 12.8. The van der Waals surface area contributed by atoms with Gasteiger partial charge in [0.15, 0.2) is 0 Å². The Hall–Kier alpha value is -1.35. The van der Waals surface area contributed by atoms with Crippen molar-refractivity contribution in [2.24, 2.45) is 5.73 Å². The van der Waals surface area contributed by atoms with Crippen LogP contribution in [-0.2, 0) is 0 Å². The highest BCUT2D eigenvalue weighted by Gasteiger charge is 2.15. The summed E-state index contributed by atoms with van der Waals surface area (Å²) in [6.07, 6.45) is 0. The fraction of sp³-hybridized carbons (Fsp3) is 0.125. The highest BCUT2D eigenvalue weighted by molar-refractivity contribution is 7.17. The molecular weight excluding hydrogens is 274 g/mol. The second-order valence-corrected chi connectivity index (χ2v) is 6.01. The summed E-state index contributed by atoms with van der Waals surface area (Å²) in [4.78, 5) is 0. The van der Waals surface area contributed by atoms with Crippen molar-refractivity contribution in [2.75, 3.05) is 0 Å². The van der Waals surface area contributed by atoms with E-state index in [1.165, 1.54) is 10.1 Å². The van der Waals surface area contributed by atoms with Gasteiger partial charge in [-0.1, -0.05) is 41.9 Å². The van der Waals surface area contributed by atoms with E-state index in [1.54, 1.807) is 11.3 Å². The third kappa shape index (κ3) is 2.27. The van der Waals surface area contributed by atoms with Gasteiger partial charge >= 0.3 is 0 Å². The molecular formula is C16H14ClNS. The van der Waals surface area contributed by atoms with Crippen LogP contribution in [-0.4, -0.2) is 0 Å². The molecule has 96 valence electrons. The minimum absolute atomic E-state index is 0.185. The minimum atomic E-state index is -0.185. The van der Waals surface area contributed by atoms with Crippen molar-refractivity contribution >= 4 is 33.0 Å². The fourth-order valence-electron chi connectivity index (χ4n) is 2.31. The number of rotatable bonds is 2. The lowest BCUT2D eigenvalue weighted by Crippen LogP contribution is -2.12. The Labute approximate surface area is 121 Å². The first-order valence-corrected chi connectivity index (χ1v) is 7.40. The summed E-state index contributed by atoms with van der Waals surface area (Å²) in [5.74, 6) is 0. The van der Waals surface area contributed by atoms with Crippen LogP contribution in [0.5, 0.6) is 0 Å². The lowest BCUT2D eigenvalue weighted by molar-refractivity contribution is 0.882. The molecule has 3 heteroatoms. The van der Waals surface area contributed by atoms with Crippen LogP contribution in [0.1, 0.15) is 22.7 Å². The van der Waals surface area contributed by atoms with Crippen molar-refractivity contribution in [3.63, 3.8) is 0 Å². The van der Waals surface area contributed by atoms with Crippen molar-refractivity contribution in [2.45, 2.75) is 13.0 Å². The molecule has 1 unspecified atom stereocenters. The zero-order valence-corrected chi connectivity index (χ0v) is 12.1. The summed E-state index contributed by atoms with van der Waals surface area (Å²) < 4.78 is 1.24. The van der Waals surface area contributed by atoms with Crippen molar-refractivity contribution in [1.82, 2.24) is 0 Å². The molecule has 0 fully saturated rings. The highest BCUT2D eigenvalue weighted by atomic mass is 35.5. The molecule has 0 aliphatic rings. The highest BCUT2D eigenvalue weighted by Crippen LogP contribution is 2.33. The molecule has 2 N–H and O–H groups in total. The van der Waals surface area contributed by atoms with E-state index in [4.69, 9.17) is 17.3 Å². The predicted octanol–water partition coefficient (Wildman–Crippen LogP) is 4.91. The van der Waals surface area contributed by atoms with Gasteiger partial charge < -0.3 is 5.73 Å². The zero-order valence-electron chi connectivity index (χ0n) is 10.6. The first-order valence-electron chi connectivity index (χ1n) is 6.14. The Morgan fingerprint density at radius 2 is 1.95 bits per heavy atom. The summed E-state index contributed by atoms with van der Waals surface area (Å²) in [6, 6.07) is 14.2. The molecule has 1 heterocycles. The zero-order chi connectivity index (χ0) is 13.4. The lowest BCUT2D eigenvalue weighted by Gasteiger charge is -2.15. The number of benzene rings is 2. The second kappa shape index (κ2) is 4.97. The number of hydrogen-bond donors (Lipinski definition) is 1. The molecule has 3 aromatic rings. The van der Waals surface area contributed by atoms with Crippen molar-refractivity contribution < 1.29 is 0 Å². The summed E-state index contributed by atoms with van der Waals surface area (Å²) >= 11 is 8.05. The Morgan fingerprint density at radius 1 is 1.11 bits per heavy atom. The van der Waals surface area contributed by atoms with E-state index in [9.17, 15) is 0 Å². The molecule has 1 aromatic heterocycles. The van der Waals surface area contributed by atoms with Gasteiger partial charge in [0.25, 0.3) is 0 Å². The molecule has 0 aliphatic heterocycles. The quantitative estimate of drug-likeness (QED) is 0.712. The van der Waals surface area contributed by atoms with Gasteiger partial charge in [0.1, 0.15) is 0 Å². The maximum atomic E-state index is 6.41. The van der Waals surface area contributed by atoms with Gasteiger partial charge in [0.05, 0.1) is 6.04 Å². The first kappa shape index (κ1) is 12.7. The predicted molar refractivity (Wildman–Crippen MR) is 84.0 cm³/mol. The van der Waals surface area contributed by atoms with E-state index in [0.717, 1.165) is 21.7 Å². The van der Waals surface area contributed by atoms with E-state index in [2.05, 4.69) is 29.6 Å². The van der Waals surface area contributed by atoms with Crippen LogP contribution in [0.4, 0.5) is 0 Å². The molecule has 0 radical (unpaired) electrons. The topological polar surface area (TPSA) is 26.0 Å². The van der Waals surface area contributed by atoms with Gasteiger partial charge in [-0.15, -0.1) is 11.3 Å².